The van der Waals surface area contributed by atoms with Crippen LogP contribution in [0.4, 0.5) is 0 Å². The van der Waals surface area contributed by atoms with Crippen molar-refractivity contribution in [3.05, 3.63) is 65.2 Å². The van der Waals surface area contributed by atoms with E-state index in [1.807, 2.05) is 31.2 Å². The van der Waals surface area contributed by atoms with Gasteiger partial charge in [0.2, 0.25) is 10.0 Å². The highest BCUT2D eigenvalue weighted by Gasteiger charge is 2.13. The van der Waals surface area contributed by atoms with Gasteiger partial charge in [0.25, 0.3) is 5.91 Å². The summed E-state index contributed by atoms with van der Waals surface area (Å²) in [5.41, 5.74) is 2.64. The highest BCUT2D eigenvalue weighted by atomic mass is 32.2. The molecule has 1 atom stereocenters. The average molecular weight is 332 g/mol. The van der Waals surface area contributed by atoms with Crippen LogP contribution in [0.5, 0.6) is 0 Å². The number of hydrogen-bond acceptors (Lipinski definition) is 3. The van der Waals surface area contributed by atoms with Crippen molar-refractivity contribution in [1.82, 2.24) is 5.32 Å². The van der Waals surface area contributed by atoms with Crippen LogP contribution in [-0.4, -0.2) is 14.3 Å². The second-order valence-corrected chi connectivity index (χ2v) is 6.92. The first-order valence-corrected chi connectivity index (χ1v) is 8.88. The summed E-state index contributed by atoms with van der Waals surface area (Å²) in [7, 11) is -3.75. The van der Waals surface area contributed by atoms with Gasteiger partial charge < -0.3 is 5.32 Å². The summed E-state index contributed by atoms with van der Waals surface area (Å²) >= 11 is 0. The van der Waals surface area contributed by atoms with Gasteiger partial charge in [0.1, 0.15) is 0 Å². The summed E-state index contributed by atoms with van der Waals surface area (Å²) in [6.07, 6.45) is 0.970. The van der Waals surface area contributed by atoms with Crippen LogP contribution >= 0.6 is 0 Å². The zero-order chi connectivity index (χ0) is 17.0. The highest BCUT2D eigenvalue weighted by molar-refractivity contribution is 7.89. The fraction of sp³-hybridized carbons (Fsp3) is 0.235. The molecule has 0 radical (unpaired) electrons. The van der Waals surface area contributed by atoms with Crippen LogP contribution in [-0.2, 0) is 16.4 Å². The van der Waals surface area contributed by atoms with E-state index in [0.717, 1.165) is 12.0 Å². The van der Waals surface area contributed by atoms with Gasteiger partial charge in [0.05, 0.1) is 10.9 Å². The van der Waals surface area contributed by atoms with Gasteiger partial charge in [0, 0.05) is 5.56 Å². The van der Waals surface area contributed by atoms with Crippen molar-refractivity contribution >= 4 is 15.9 Å². The number of benzene rings is 2. The molecule has 3 N–H and O–H groups in total. The Labute approximate surface area is 136 Å². The van der Waals surface area contributed by atoms with Crippen LogP contribution < -0.4 is 10.5 Å². The second-order valence-electron chi connectivity index (χ2n) is 5.36. The molecular weight excluding hydrogens is 312 g/mol. The molecule has 122 valence electrons. The van der Waals surface area contributed by atoms with Gasteiger partial charge in [-0.2, -0.15) is 0 Å². The number of primary sulfonamides is 1. The normalized spacial score (nSPS) is 12.7. The van der Waals surface area contributed by atoms with Crippen molar-refractivity contribution in [2.24, 2.45) is 5.14 Å². The lowest BCUT2D eigenvalue weighted by atomic mass is 10.0. The van der Waals surface area contributed by atoms with E-state index in [-0.39, 0.29) is 16.8 Å². The predicted molar refractivity (Wildman–Crippen MR) is 89.5 cm³/mol. The molecule has 5 nitrogen and oxygen atoms in total. The van der Waals surface area contributed by atoms with E-state index in [0.29, 0.717) is 5.56 Å². The fourth-order valence-corrected chi connectivity index (χ4v) is 2.72. The first kappa shape index (κ1) is 17.2. The van der Waals surface area contributed by atoms with Gasteiger partial charge in [-0.3, -0.25) is 4.79 Å². The molecule has 0 aliphatic rings. The molecule has 0 heterocycles. The Morgan fingerprint density at radius 2 is 1.65 bits per heavy atom. The molecule has 0 unspecified atom stereocenters. The zero-order valence-electron chi connectivity index (χ0n) is 13.1. The molecule has 0 aromatic heterocycles. The molecule has 2 aromatic rings. The molecule has 0 saturated carbocycles. The number of hydrogen-bond donors (Lipinski definition) is 2. The van der Waals surface area contributed by atoms with Gasteiger partial charge in [-0.05, 0) is 48.7 Å². The van der Waals surface area contributed by atoms with Crippen molar-refractivity contribution in [2.75, 3.05) is 0 Å². The predicted octanol–water partition coefficient (Wildman–Crippen LogP) is 2.39. The lowest BCUT2D eigenvalue weighted by molar-refractivity contribution is 0.0940. The molecule has 0 spiro atoms. The van der Waals surface area contributed by atoms with E-state index >= 15 is 0 Å². The number of nitrogens with two attached hydrogens (primary N) is 1. The highest BCUT2D eigenvalue weighted by Crippen LogP contribution is 2.15. The second kappa shape index (κ2) is 6.93. The summed E-state index contributed by atoms with van der Waals surface area (Å²) in [5.74, 6) is -0.266. The van der Waals surface area contributed by atoms with Crippen LogP contribution in [0, 0.1) is 0 Å². The van der Waals surface area contributed by atoms with Crippen molar-refractivity contribution in [3.63, 3.8) is 0 Å². The molecule has 2 rings (SSSR count). The van der Waals surface area contributed by atoms with Crippen molar-refractivity contribution in [1.29, 1.82) is 0 Å². The summed E-state index contributed by atoms with van der Waals surface area (Å²) in [6.45, 7) is 3.99. The summed E-state index contributed by atoms with van der Waals surface area (Å²) in [4.78, 5) is 12.2. The Bertz CT molecular complexity index is 782. The molecular formula is C17H20N2O3S. The first-order chi connectivity index (χ1) is 10.8. The smallest absolute Gasteiger partial charge is 0.251 e. The van der Waals surface area contributed by atoms with Gasteiger partial charge in [0.15, 0.2) is 0 Å². The zero-order valence-corrected chi connectivity index (χ0v) is 13.9. The minimum atomic E-state index is -3.75. The Kier molecular flexibility index (Phi) is 5.18. The van der Waals surface area contributed by atoms with E-state index < -0.39 is 10.0 Å². The van der Waals surface area contributed by atoms with Crippen LogP contribution in [0.3, 0.4) is 0 Å². The van der Waals surface area contributed by atoms with Crippen LogP contribution in [0.25, 0.3) is 0 Å². The van der Waals surface area contributed by atoms with Crippen LogP contribution in [0.2, 0.25) is 0 Å². The monoisotopic (exact) mass is 332 g/mol. The molecule has 1 amide bonds. The van der Waals surface area contributed by atoms with Crippen molar-refractivity contribution in [3.8, 4) is 0 Å². The lowest BCUT2D eigenvalue weighted by Gasteiger charge is -2.15. The quantitative estimate of drug-likeness (QED) is 0.881. The van der Waals surface area contributed by atoms with E-state index in [2.05, 4.69) is 12.2 Å². The van der Waals surface area contributed by atoms with Gasteiger partial charge in [-0.1, -0.05) is 31.2 Å². The Morgan fingerprint density at radius 1 is 1.09 bits per heavy atom. The Balaban J connectivity index is 2.08. The lowest BCUT2D eigenvalue weighted by Crippen LogP contribution is -2.26. The number of sulfonamides is 1. The number of amides is 1. The summed E-state index contributed by atoms with van der Waals surface area (Å²) < 4.78 is 22.4. The molecule has 6 heteroatoms. The maximum absolute atomic E-state index is 12.2. The molecule has 0 bridgehead atoms. The largest absolute Gasteiger partial charge is 0.346 e. The maximum atomic E-state index is 12.2. The van der Waals surface area contributed by atoms with Gasteiger partial charge in [-0.25, -0.2) is 13.6 Å². The van der Waals surface area contributed by atoms with E-state index in [1.54, 1.807) is 0 Å². The third-order valence-corrected chi connectivity index (χ3v) is 4.61. The maximum Gasteiger partial charge on any atom is 0.251 e. The molecule has 23 heavy (non-hydrogen) atoms. The third kappa shape index (κ3) is 4.40. The standard InChI is InChI=1S/C17H20N2O3S/c1-3-13-4-6-14(7-5-13)12(2)19-17(20)15-8-10-16(11-9-15)23(18,21)22/h4-12H,3H2,1-2H3,(H,19,20)(H2,18,21,22)/t12-/m0/s1. The minimum absolute atomic E-state index is 0.0164. The fourth-order valence-electron chi connectivity index (χ4n) is 2.20. The molecule has 0 aliphatic heterocycles. The summed E-state index contributed by atoms with van der Waals surface area (Å²) in [5, 5.41) is 7.92. The van der Waals surface area contributed by atoms with Crippen LogP contribution in [0.1, 0.15) is 41.4 Å². The number of rotatable bonds is 5. The molecule has 0 aliphatic carbocycles. The summed E-state index contributed by atoms with van der Waals surface area (Å²) in [6, 6.07) is 13.5. The Hall–Kier alpha value is -2.18. The number of carbonyl (C=O) groups excluding carboxylic acids is 1. The van der Waals surface area contributed by atoms with E-state index in [1.165, 1.54) is 29.8 Å². The number of aryl methyl sites for hydroxylation is 1. The minimum Gasteiger partial charge on any atom is -0.346 e. The molecule has 0 fully saturated rings. The van der Waals surface area contributed by atoms with Crippen molar-refractivity contribution in [2.45, 2.75) is 31.2 Å². The van der Waals surface area contributed by atoms with Gasteiger partial charge in [-0.15, -0.1) is 0 Å². The van der Waals surface area contributed by atoms with Gasteiger partial charge >= 0.3 is 0 Å². The number of carbonyl (C=O) groups is 1. The van der Waals surface area contributed by atoms with Crippen molar-refractivity contribution < 1.29 is 13.2 Å². The number of nitrogens with one attached hydrogen (secondary N) is 1. The topological polar surface area (TPSA) is 89.3 Å². The molecule has 2 aromatic carbocycles. The van der Waals surface area contributed by atoms with Crippen LogP contribution in [0.15, 0.2) is 53.4 Å². The Morgan fingerprint density at radius 3 is 2.13 bits per heavy atom. The molecule has 0 saturated heterocycles. The SMILES string of the molecule is CCc1ccc([C@H](C)NC(=O)c2ccc(S(N)(=O)=O)cc2)cc1. The van der Waals surface area contributed by atoms with E-state index in [4.69, 9.17) is 5.14 Å². The first-order valence-electron chi connectivity index (χ1n) is 7.34. The third-order valence-electron chi connectivity index (χ3n) is 3.68. The average Bonchev–Trinajstić information content (AvgIpc) is 2.54. The van der Waals surface area contributed by atoms with E-state index in [9.17, 15) is 13.2 Å².